The Labute approximate surface area is 250 Å². The number of nitrogens with two attached hydrogens (primary N) is 1. The molecule has 2 aliphatic rings. The van der Waals surface area contributed by atoms with Crippen molar-refractivity contribution in [2.45, 2.75) is 44.1 Å². The van der Waals surface area contributed by atoms with Gasteiger partial charge in [0, 0.05) is 34.3 Å². The molecule has 0 radical (unpaired) electrons. The number of nitrogens with zero attached hydrogens (tertiary/aromatic N) is 1. The summed E-state index contributed by atoms with van der Waals surface area (Å²) in [6.45, 7) is -3.72. The molecule has 2 heterocycles. The number of rotatable bonds is 12. The van der Waals surface area contributed by atoms with Gasteiger partial charge in [0.05, 0.1) is 18.7 Å². The summed E-state index contributed by atoms with van der Waals surface area (Å²) in [5, 5.41) is 14.9. The zero-order valence-corrected chi connectivity index (χ0v) is 23.8. The van der Waals surface area contributed by atoms with Crippen LogP contribution in [0, 0.1) is 11.3 Å². The van der Waals surface area contributed by atoms with Crippen LogP contribution in [0.2, 0.25) is 0 Å². The lowest BCUT2D eigenvalue weighted by Crippen LogP contribution is -2.49. The monoisotopic (exact) mass is 611 g/mol. The first-order valence-corrected chi connectivity index (χ1v) is 14.6. The third kappa shape index (κ3) is 7.73. The van der Waals surface area contributed by atoms with Crippen molar-refractivity contribution in [3.8, 4) is 11.5 Å². The number of nitrogens with one attached hydrogen (secondary N) is 3. The van der Waals surface area contributed by atoms with Crippen molar-refractivity contribution in [1.29, 1.82) is 5.41 Å². The number of carbonyl (C=O) groups is 3. The second kappa shape index (κ2) is 13.3. The van der Waals surface area contributed by atoms with Crippen LogP contribution in [-0.2, 0) is 14.3 Å². The molecular formula is C30H31F2N5O5S. The van der Waals surface area contributed by atoms with Gasteiger partial charge in [0.1, 0.15) is 23.4 Å². The Morgan fingerprint density at radius 2 is 1.74 bits per heavy atom. The first kappa shape index (κ1) is 30.1. The summed E-state index contributed by atoms with van der Waals surface area (Å²) in [6.07, 6.45) is 0.638. The van der Waals surface area contributed by atoms with E-state index in [-0.39, 0.29) is 36.3 Å². The zero-order chi connectivity index (χ0) is 30.5. The van der Waals surface area contributed by atoms with Gasteiger partial charge in [-0.15, -0.1) is 11.3 Å². The maximum atomic E-state index is 13.5. The van der Waals surface area contributed by atoms with Gasteiger partial charge in [0.15, 0.2) is 0 Å². The van der Waals surface area contributed by atoms with Gasteiger partial charge in [-0.1, -0.05) is 18.2 Å². The minimum atomic E-state index is -3.06. The number of benzene rings is 2. The number of nitrogen functional groups attached to an aromatic ring is 1. The van der Waals surface area contributed by atoms with Crippen molar-refractivity contribution in [1.82, 2.24) is 15.5 Å². The first-order chi connectivity index (χ1) is 20.7. The van der Waals surface area contributed by atoms with Gasteiger partial charge < -0.3 is 30.7 Å². The number of alkyl halides is 2. The van der Waals surface area contributed by atoms with Crippen molar-refractivity contribution in [3.05, 3.63) is 82.0 Å². The minimum Gasteiger partial charge on any atom is -0.457 e. The second-order valence-electron chi connectivity index (χ2n) is 10.4. The average Bonchev–Trinajstić information content (AvgIpc) is 3.54. The summed E-state index contributed by atoms with van der Waals surface area (Å²) in [4.78, 5) is 41.4. The molecule has 0 bridgehead atoms. The van der Waals surface area contributed by atoms with Crippen molar-refractivity contribution in [2.24, 2.45) is 11.7 Å². The summed E-state index contributed by atoms with van der Waals surface area (Å²) in [6, 6.07) is 15.8. The van der Waals surface area contributed by atoms with E-state index in [1.807, 2.05) is 18.2 Å². The van der Waals surface area contributed by atoms with E-state index in [0.717, 1.165) is 17.7 Å². The van der Waals surface area contributed by atoms with Crippen LogP contribution in [0.3, 0.4) is 0 Å². The molecule has 1 saturated heterocycles. The lowest BCUT2D eigenvalue weighted by Gasteiger charge is -2.26. The molecule has 10 nitrogen and oxygen atoms in total. The number of carbonyl (C=O) groups excluding carboxylic acids is 3. The lowest BCUT2D eigenvalue weighted by atomic mass is 10.1. The van der Waals surface area contributed by atoms with Gasteiger partial charge in [-0.25, -0.2) is 0 Å². The molecule has 1 aliphatic carbocycles. The summed E-state index contributed by atoms with van der Waals surface area (Å²) < 4.78 is 36.4. The first-order valence-electron chi connectivity index (χ1n) is 13.8. The number of amides is 3. The minimum absolute atomic E-state index is 0.0820. The predicted molar refractivity (Wildman–Crippen MR) is 155 cm³/mol. The highest BCUT2D eigenvalue weighted by Crippen LogP contribution is 2.43. The molecule has 0 spiro atoms. The molecule has 3 amide bonds. The predicted octanol–water partition coefficient (Wildman–Crippen LogP) is 4.03. The molecular weight excluding hydrogens is 580 g/mol. The van der Waals surface area contributed by atoms with E-state index in [1.54, 1.807) is 47.8 Å². The molecule has 2 fully saturated rings. The SMILES string of the molecule is N=C(N)c1csc([C@H](NC(=O)[C@@H]2C[C@@H](OC(F)F)CN2C(=O)CNC(=O)c2ccc(Oc3ccccc3)cc2)C2CC2)c1. The van der Waals surface area contributed by atoms with Gasteiger partial charge in [0.2, 0.25) is 11.8 Å². The number of para-hydroxylation sites is 1. The van der Waals surface area contributed by atoms with Crippen LogP contribution in [-0.4, -0.2) is 60.3 Å². The standard InChI is InChI=1S/C30H31F2N5O5S/c31-30(32)42-22-13-23(29(40)36-26(17-6-7-17)24-12-19(16-43-24)27(33)34)37(15-22)25(38)14-35-28(39)18-8-10-21(11-9-18)41-20-4-2-1-3-5-20/h1-5,8-12,16-17,22-23,26,30H,6-7,13-15H2,(H3,33,34)(H,35,39)(H,36,40)/t22-,23+,26-/m1/s1. The molecule has 226 valence electrons. The molecule has 5 N–H and O–H groups in total. The van der Waals surface area contributed by atoms with E-state index in [2.05, 4.69) is 15.4 Å². The Kier molecular flexibility index (Phi) is 9.31. The van der Waals surface area contributed by atoms with E-state index < -0.39 is 43.0 Å². The van der Waals surface area contributed by atoms with Crippen LogP contribution in [0.15, 0.2) is 66.0 Å². The lowest BCUT2D eigenvalue weighted by molar-refractivity contribution is -0.160. The summed E-state index contributed by atoms with van der Waals surface area (Å²) >= 11 is 1.37. The highest BCUT2D eigenvalue weighted by molar-refractivity contribution is 7.10. The maximum Gasteiger partial charge on any atom is 0.345 e. The van der Waals surface area contributed by atoms with Crippen LogP contribution in [0.4, 0.5) is 8.78 Å². The fourth-order valence-corrected chi connectivity index (χ4v) is 6.03. The van der Waals surface area contributed by atoms with Gasteiger partial charge in [-0.3, -0.25) is 19.8 Å². The number of ether oxygens (including phenoxy) is 2. The topological polar surface area (TPSA) is 147 Å². The summed E-state index contributed by atoms with van der Waals surface area (Å²) in [5.41, 5.74) is 6.44. The Morgan fingerprint density at radius 1 is 1.05 bits per heavy atom. The normalized spacial score (nSPS) is 18.7. The largest absolute Gasteiger partial charge is 0.457 e. The van der Waals surface area contributed by atoms with Crippen molar-refractivity contribution < 1.29 is 32.6 Å². The number of amidine groups is 1. The third-order valence-electron chi connectivity index (χ3n) is 7.31. The summed E-state index contributed by atoms with van der Waals surface area (Å²) in [7, 11) is 0. The number of halogens is 2. The van der Waals surface area contributed by atoms with E-state index in [1.165, 1.54) is 16.2 Å². The van der Waals surface area contributed by atoms with Crippen molar-refractivity contribution in [2.75, 3.05) is 13.1 Å². The number of thiophene rings is 1. The van der Waals surface area contributed by atoms with E-state index in [9.17, 15) is 23.2 Å². The van der Waals surface area contributed by atoms with Crippen LogP contribution < -0.4 is 21.1 Å². The third-order valence-corrected chi connectivity index (χ3v) is 8.32. The molecule has 1 saturated carbocycles. The van der Waals surface area contributed by atoms with Crippen molar-refractivity contribution in [3.63, 3.8) is 0 Å². The molecule has 3 aromatic rings. The van der Waals surface area contributed by atoms with E-state index in [0.29, 0.717) is 17.1 Å². The van der Waals surface area contributed by atoms with E-state index in [4.69, 9.17) is 15.9 Å². The molecule has 43 heavy (non-hydrogen) atoms. The smallest absolute Gasteiger partial charge is 0.345 e. The van der Waals surface area contributed by atoms with Crippen LogP contribution in [0.5, 0.6) is 11.5 Å². The Hall–Kier alpha value is -4.36. The Balaban J connectivity index is 1.22. The number of hydrogen-bond acceptors (Lipinski definition) is 7. The Morgan fingerprint density at radius 3 is 2.37 bits per heavy atom. The quantitative estimate of drug-likeness (QED) is 0.180. The zero-order valence-electron chi connectivity index (χ0n) is 23.0. The van der Waals surface area contributed by atoms with Crippen LogP contribution in [0.25, 0.3) is 0 Å². The highest BCUT2D eigenvalue weighted by atomic mass is 32.1. The van der Waals surface area contributed by atoms with Gasteiger partial charge in [0.25, 0.3) is 5.91 Å². The molecule has 3 atom stereocenters. The molecule has 13 heteroatoms. The maximum absolute atomic E-state index is 13.5. The summed E-state index contributed by atoms with van der Waals surface area (Å²) in [5.74, 6) is -0.346. The number of hydrogen-bond donors (Lipinski definition) is 4. The average molecular weight is 612 g/mol. The van der Waals surface area contributed by atoms with Crippen LogP contribution >= 0.6 is 11.3 Å². The van der Waals surface area contributed by atoms with Gasteiger partial charge >= 0.3 is 6.61 Å². The Bertz CT molecular complexity index is 1470. The molecule has 0 unspecified atom stereocenters. The molecule has 1 aromatic heterocycles. The van der Waals surface area contributed by atoms with Gasteiger partial charge in [-0.05, 0) is 61.2 Å². The highest BCUT2D eigenvalue weighted by Gasteiger charge is 2.43. The molecule has 1 aliphatic heterocycles. The second-order valence-corrected chi connectivity index (χ2v) is 11.4. The molecule has 2 aromatic carbocycles. The fourth-order valence-electron chi connectivity index (χ4n) is 4.98. The number of likely N-dealkylation sites (tertiary alicyclic amines) is 1. The fraction of sp³-hybridized carbons (Fsp3) is 0.333. The van der Waals surface area contributed by atoms with Crippen LogP contribution in [0.1, 0.15) is 46.1 Å². The van der Waals surface area contributed by atoms with Gasteiger partial charge in [-0.2, -0.15) is 8.78 Å². The van der Waals surface area contributed by atoms with E-state index >= 15 is 0 Å². The molecule has 5 rings (SSSR count). The van der Waals surface area contributed by atoms with Crippen molar-refractivity contribution >= 4 is 34.9 Å².